The lowest BCUT2D eigenvalue weighted by atomic mass is 10.0. The van der Waals surface area contributed by atoms with E-state index in [2.05, 4.69) is 36.5 Å². The second-order valence-corrected chi connectivity index (χ2v) is 5.00. The van der Waals surface area contributed by atoms with Crippen LogP contribution in [0.25, 0.3) is 10.1 Å². The highest BCUT2D eigenvalue weighted by Crippen LogP contribution is 2.38. The fourth-order valence-corrected chi connectivity index (χ4v) is 3.30. The predicted molar refractivity (Wildman–Crippen MR) is 62.1 cm³/mol. The van der Waals surface area contributed by atoms with Crippen molar-refractivity contribution in [1.82, 2.24) is 5.32 Å². The summed E-state index contributed by atoms with van der Waals surface area (Å²) in [7, 11) is 0. The zero-order valence-electron chi connectivity index (χ0n) is 8.41. The van der Waals surface area contributed by atoms with Gasteiger partial charge in [0.25, 0.3) is 0 Å². The summed E-state index contributed by atoms with van der Waals surface area (Å²) >= 11 is 1.80. The number of hydrogen-bond acceptors (Lipinski definition) is 2. The summed E-state index contributed by atoms with van der Waals surface area (Å²) in [4.78, 5) is 12.2. The molecule has 2 aromatic rings. The topological polar surface area (TPSA) is 29.1 Å². The third-order valence-electron chi connectivity index (χ3n) is 2.92. The van der Waals surface area contributed by atoms with Crippen molar-refractivity contribution in [3.8, 4) is 0 Å². The van der Waals surface area contributed by atoms with Gasteiger partial charge in [0, 0.05) is 9.58 Å². The van der Waals surface area contributed by atoms with Crippen LogP contribution in [0, 0.1) is 6.92 Å². The van der Waals surface area contributed by atoms with Crippen LogP contribution < -0.4 is 5.32 Å². The van der Waals surface area contributed by atoms with E-state index >= 15 is 0 Å². The van der Waals surface area contributed by atoms with E-state index in [1.165, 1.54) is 20.5 Å². The van der Waals surface area contributed by atoms with Gasteiger partial charge in [-0.3, -0.25) is 4.79 Å². The molecule has 1 fully saturated rings. The van der Waals surface area contributed by atoms with E-state index in [-0.39, 0.29) is 11.9 Å². The number of aryl methyl sites for hydroxylation is 1. The lowest BCUT2D eigenvalue weighted by Gasteiger charge is -2.26. The normalized spacial score (nSPS) is 20.1. The van der Waals surface area contributed by atoms with Gasteiger partial charge in [0.15, 0.2) is 0 Å². The van der Waals surface area contributed by atoms with Gasteiger partial charge in [0.05, 0.1) is 12.5 Å². The van der Waals surface area contributed by atoms with Crippen LogP contribution in [0.3, 0.4) is 0 Å². The van der Waals surface area contributed by atoms with Gasteiger partial charge in [0.1, 0.15) is 0 Å². The van der Waals surface area contributed by atoms with Crippen LogP contribution in [0.5, 0.6) is 0 Å². The molecule has 1 aromatic carbocycles. The fourth-order valence-electron chi connectivity index (χ4n) is 2.04. The molecule has 15 heavy (non-hydrogen) atoms. The molecule has 1 amide bonds. The average molecular weight is 217 g/mol. The van der Waals surface area contributed by atoms with Crippen LogP contribution in [-0.2, 0) is 4.79 Å². The molecule has 3 rings (SSSR count). The Morgan fingerprint density at radius 1 is 1.40 bits per heavy atom. The van der Waals surface area contributed by atoms with Gasteiger partial charge >= 0.3 is 0 Å². The lowest BCUT2D eigenvalue weighted by Crippen LogP contribution is -2.41. The molecule has 0 spiro atoms. The summed E-state index contributed by atoms with van der Waals surface area (Å²) < 4.78 is 1.31. The second-order valence-electron chi connectivity index (χ2n) is 3.91. The van der Waals surface area contributed by atoms with E-state index in [9.17, 15) is 4.79 Å². The van der Waals surface area contributed by atoms with Gasteiger partial charge in [-0.1, -0.05) is 18.2 Å². The van der Waals surface area contributed by atoms with E-state index in [0.717, 1.165) is 0 Å². The molecule has 1 aliphatic rings. The molecule has 1 unspecified atom stereocenters. The Bertz CT molecular complexity index is 536. The number of carbonyl (C=O) groups excluding carboxylic acids is 1. The summed E-state index contributed by atoms with van der Waals surface area (Å²) in [5.74, 6) is 0.164. The third-order valence-corrected chi connectivity index (χ3v) is 4.31. The minimum Gasteiger partial charge on any atom is -0.348 e. The molecule has 2 nitrogen and oxygen atoms in total. The van der Waals surface area contributed by atoms with Gasteiger partial charge in [0.2, 0.25) is 5.91 Å². The number of rotatable bonds is 1. The Morgan fingerprint density at radius 3 is 2.80 bits per heavy atom. The van der Waals surface area contributed by atoms with Gasteiger partial charge in [-0.05, 0) is 23.9 Å². The van der Waals surface area contributed by atoms with Gasteiger partial charge in [-0.25, -0.2) is 0 Å². The van der Waals surface area contributed by atoms with Crippen molar-refractivity contribution in [2.24, 2.45) is 0 Å². The van der Waals surface area contributed by atoms with Crippen LogP contribution >= 0.6 is 11.3 Å². The zero-order chi connectivity index (χ0) is 10.4. The van der Waals surface area contributed by atoms with Gasteiger partial charge < -0.3 is 5.32 Å². The van der Waals surface area contributed by atoms with E-state index in [4.69, 9.17) is 0 Å². The van der Waals surface area contributed by atoms with Crippen molar-refractivity contribution in [2.45, 2.75) is 19.4 Å². The number of fused-ring (bicyclic) bond motifs is 1. The van der Waals surface area contributed by atoms with E-state index in [1.54, 1.807) is 11.3 Å². The minimum atomic E-state index is 0.164. The molecule has 1 saturated heterocycles. The number of amides is 1. The number of benzene rings is 1. The first-order valence-electron chi connectivity index (χ1n) is 5.03. The monoisotopic (exact) mass is 217 g/mol. The summed E-state index contributed by atoms with van der Waals surface area (Å²) in [6, 6.07) is 8.66. The first-order chi connectivity index (χ1) is 7.25. The van der Waals surface area contributed by atoms with Gasteiger partial charge in [-0.2, -0.15) is 0 Å². The molecule has 0 radical (unpaired) electrons. The van der Waals surface area contributed by atoms with Crippen LogP contribution in [0.2, 0.25) is 0 Å². The molecule has 0 aliphatic carbocycles. The van der Waals surface area contributed by atoms with Crippen molar-refractivity contribution in [2.75, 3.05) is 0 Å². The molecule has 3 heteroatoms. The number of carbonyl (C=O) groups is 1. The fraction of sp³-hybridized carbons (Fsp3) is 0.250. The third kappa shape index (κ3) is 1.27. The number of hydrogen-bond donors (Lipinski definition) is 1. The Balaban J connectivity index is 2.11. The molecule has 76 valence electrons. The first kappa shape index (κ1) is 8.92. The summed E-state index contributed by atoms with van der Waals surface area (Å²) in [6.07, 6.45) is 0.646. The molecule has 1 N–H and O–H groups in total. The summed E-state index contributed by atoms with van der Waals surface area (Å²) in [5.41, 5.74) is 1.32. The van der Waals surface area contributed by atoms with Crippen LogP contribution in [0.15, 0.2) is 24.3 Å². The van der Waals surface area contributed by atoms with E-state index < -0.39 is 0 Å². The van der Waals surface area contributed by atoms with E-state index in [0.29, 0.717) is 6.42 Å². The van der Waals surface area contributed by atoms with Crippen LogP contribution in [0.4, 0.5) is 0 Å². The highest BCUT2D eigenvalue weighted by Gasteiger charge is 2.29. The molecular formula is C12H11NOS. The average Bonchev–Trinajstić information content (AvgIpc) is 2.52. The number of β-lactam (4-membered cyclic amide) rings is 1. The number of thiophene rings is 1. The summed E-state index contributed by atoms with van der Waals surface area (Å²) in [5, 5.41) is 4.25. The maximum Gasteiger partial charge on any atom is 0.222 e. The highest BCUT2D eigenvalue weighted by molar-refractivity contribution is 7.19. The van der Waals surface area contributed by atoms with Gasteiger partial charge in [-0.15, -0.1) is 11.3 Å². The van der Waals surface area contributed by atoms with Crippen LogP contribution in [0.1, 0.15) is 22.9 Å². The van der Waals surface area contributed by atoms with Crippen molar-refractivity contribution < 1.29 is 4.79 Å². The molecular weight excluding hydrogens is 206 g/mol. The highest BCUT2D eigenvalue weighted by atomic mass is 32.1. The summed E-state index contributed by atoms with van der Waals surface area (Å²) in [6.45, 7) is 2.14. The van der Waals surface area contributed by atoms with Crippen LogP contribution in [-0.4, -0.2) is 5.91 Å². The predicted octanol–water partition coefficient (Wildman–Crippen LogP) is 2.77. The molecule has 1 atom stereocenters. The van der Waals surface area contributed by atoms with E-state index in [1.807, 2.05) is 0 Å². The molecule has 0 bridgehead atoms. The maximum atomic E-state index is 10.9. The maximum absolute atomic E-state index is 10.9. The SMILES string of the molecule is Cc1c(C2CC(=O)N2)sc2ccccc12. The Hall–Kier alpha value is -1.35. The zero-order valence-corrected chi connectivity index (χ0v) is 9.23. The standard InChI is InChI=1S/C12H11NOS/c1-7-8-4-2-3-5-10(8)15-12(7)9-6-11(14)13-9/h2-5,9H,6H2,1H3,(H,13,14). The van der Waals surface area contributed by atoms with Crippen molar-refractivity contribution in [3.63, 3.8) is 0 Å². The Labute approximate surface area is 91.9 Å². The van der Waals surface area contributed by atoms with Crippen molar-refractivity contribution in [1.29, 1.82) is 0 Å². The van der Waals surface area contributed by atoms with Crippen molar-refractivity contribution >= 4 is 27.3 Å². The van der Waals surface area contributed by atoms with Crippen molar-refractivity contribution in [3.05, 3.63) is 34.7 Å². The second kappa shape index (κ2) is 3.07. The Morgan fingerprint density at radius 2 is 2.13 bits per heavy atom. The Kier molecular flexibility index (Phi) is 1.83. The molecule has 0 saturated carbocycles. The lowest BCUT2D eigenvalue weighted by molar-refractivity contribution is -0.128. The molecule has 2 heterocycles. The minimum absolute atomic E-state index is 0.164. The smallest absolute Gasteiger partial charge is 0.222 e. The molecule has 1 aliphatic heterocycles. The quantitative estimate of drug-likeness (QED) is 0.731. The first-order valence-corrected chi connectivity index (χ1v) is 5.85. The number of nitrogens with one attached hydrogen (secondary N) is 1. The largest absolute Gasteiger partial charge is 0.348 e. The molecule has 1 aromatic heterocycles.